The third kappa shape index (κ3) is 4.36. The Hall–Kier alpha value is -4.15. The first-order valence-electron chi connectivity index (χ1n) is 10.4. The van der Waals surface area contributed by atoms with Crippen molar-refractivity contribution < 1.29 is 32.6 Å². The van der Waals surface area contributed by atoms with Crippen molar-refractivity contribution in [3.8, 4) is 11.5 Å². The molecule has 1 atom stereocenters. The lowest BCUT2D eigenvalue weighted by Gasteiger charge is -2.25. The van der Waals surface area contributed by atoms with Gasteiger partial charge in [-0.2, -0.15) is 0 Å². The van der Waals surface area contributed by atoms with Gasteiger partial charge in [0.25, 0.3) is 11.7 Å². The van der Waals surface area contributed by atoms with Crippen LogP contribution in [0.3, 0.4) is 0 Å². The van der Waals surface area contributed by atoms with Crippen LogP contribution in [-0.4, -0.2) is 39.4 Å². The van der Waals surface area contributed by atoms with Gasteiger partial charge in [-0.25, -0.2) is 13.6 Å². The highest BCUT2D eigenvalue weighted by molar-refractivity contribution is 7.89. The van der Waals surface area contributed by atoms with E-state index in [1.807, 2.05) is 0 Å². The van der Waals surface area contributed by atoms with E-state index in [9.17, 15) is 23.1 Å². The Bertz CT molecular complexity index is 1430. The maximum absolute atomic E-state index is 13.3. The van der Waals surface area contributed by atoms with Gasteiger partial charge in [0, 0.05) is 5.69 Å². The highest BCUT2D eigenvalue weighted by Crippen LogP contribution is 2.43. The van der Waals surface area contributed by atoms with Crippen molar-refractivity contribution in [1.29, 1.82) is 0 Å². The smallest absolute Gasteiger partial charge is 0.300 e. The zero-order valence-electron chi connectivity index (χ0n) is 18.8. The molecule has 4 rings (SSSR count). The Morgan fingerprint density at radius 2 is 1.60 bits per heavy atom. The maximum Gasteiger partial charge on any atom is 0.300 e. The van der Waals surface area contributed by atoms with Crippen LogP contribution in [0.25, 0.3) is 5.76 Å². The summed E-state index contributed by atoms with van der Waals surface area (Å²) in [6, 6.07) is 17.7. The van der Waals surface area contributed by atoms with Crippen LogP contribution in [-0.2, 0) is 19.6 Å². The molecular formula is C25H22N2O7S. The molecule has 9 nitrogen and oxygen atoms in total. The number of aliphatic hydroxyl groups excluding tert-OH is 1. The minimum Gasteiger partial charge on any atom is -0.507 e. The van der Waals surface area contributed by atoms with Crippen molar-refractivity contribution >= 4 is 33.2 Å². The summed E-state index contributed by atoms with van der Waals surface area (Å²) in [4.78, 5) is 27.6. The molecule has 35 heavy (non-hydrogen) atoms. The van der Waals surface area contributed by atoms with Crippen LogP contribution < -0.4 is 19.5 Å². The van der Waals surface area contributed by atoms with Crippen molar-refractivity contribution in [3.05, 3.63) is 89.5 Å². The van der Waals surface area contributed by atoms with Crippen molar-refractivity contribution in [2.45, 2.75) is 10.9 Å². The predicted octanol–water partition coefficient (Wildman–Crippen LogP) is 2.98. The second-order valence-corrected chi connectivity index (χ2v) is 9.25. The lowest BCUT2D eigenvalue weighted by Crippen LogP contribution is -2.29. The van der Waals surface area contributed by atoms with E-state index in [2.05, 4.69) is 0 Å². The zero-order chi connectivity index (χ0) is 25.3. The largest absolute Gasteiger partial charge is 0.507 e. The zero-order valence-corrected chi connectivity index (χ0v) is 19.7. The van der Waals surface area contributed by atoms with Gasteiger partial charge in [0.1, 0.15) is 17.3 Å². The number of hydrogen-bond donors (Lipinski definition) is 2. The van der Waals surface area contributed by atoms with E-state index in [4.69, 9.17) is 14.6 Å². The molecule has 3 N–H and O–H groups in total. The number of ether oxygens (including phenoxy) is 2. The maximum atomic E-state index is 13.3. The molecular weight excluding hydrogens is 472 g/mol. The van der Waals surface area contributed by atoms with Gasteiger partial charge in [-0.3, -0.25) is 14.5 Å². The number of sulfonamides is 1. The van der Waals surface area contributed by atoms with Gasteiger partial charge >= 0.3 is 0 Å². The fraction of sp³-hybridized carbons (Fsp3) is 0.120. The Balaban J connectivity index is 1.95. The highest BCUT2D eigenvalue weighted by Gasteiger charge is 2.47. The second-order valence-electron chi connectivity index (χ2n) is 7.68. The summed E-state index contributed by atoms with van der Waals surface area (Å²) in [5.41, 5.74) is 0.842. The monoisotopic (exact) mass is 494 g/mol. The number of nitrogens with two attached hydrogens (primary N) is 1. The van der Waals surface area contributed by atoms with Crippen molar-refractivity contribution in [2.75, 3.05) is 19.1 Å². The first-order valence-corrected chi connectivity index (χ1v) is 11.9. The number of Topliss-reactive ketones (excluding diaryl/α,β-unsaturated/α-hetero) is 1. The minimum absolute atomic E-state index is 0.143. The standard InChI is InChI=1S/C25H22N2O7S/c1-33-17-10-13-20(34-2)19(14-17)23(28)21-22(15-6-4-3-5-7-15)27(25(30)24(21)29)16-8-11-18(12-9-16)35(26,31)32/h3-14,22,28H,1-2H3,(H2,26,31,32)/b23-21+. The fourth-order valence-corrected chi connectivity index (χ4v) is 4.51. The summed E-state index contributed by atoms with van der Waals surface area (Å²) in [6.45, 7) is 0. The predicted molar refractivity (Wildman–Crippen MR) is 129 cm³/mol. The van der Waals surface area contributed by atoms with Gasteiger partial charge in [0.2, 0.25) is 10.0 Å². The molecule has 1 aliphatic heterocycles. The SMILES string of the molecule is COc1ccc(OC)c(/C(O)=C2\C(=O)C(=O)N(c3ccc(S(N)(=O)=O)cc3)C2c2ccccc2)c1. The Labute approximate surface area is 202 Å². The fourth-order valence-electron chi connectivity index (χ4n) is 3.99. The molecule has 0 aromatic heterocycles. The van der Waals surface area contributed by atoms with Gasteiger partial charge in [-0.1, -0.05) is 30.3 Å². The van der Waals surface area contributed by atoms with Gasteiger partial charge in [0.05, 0.1) is 36.3 Å². The minimum atomic E-state index is -3.95. The molecule has 0 bridgehead atoms. The molecule has 1 saturated heterocycles. The van der Waals surface area contributed by atoms with Crippen molar-refractivity contribution in [3.63, 3.8) is 0 Å². The van der Waals surface area contributed by atoms with Crippen LogP contribution in [0, 0.1) is 0 Å². The van der Waals surface area contributed by atoms with Crippen LogP contribution in [0.4, 0.5) is 5.69 Å². The van der Waals surface area contributed by atoms with Crippen LogP contribution in [0.1, 0.15) is 17.2 Å². The third-order valence-corrected chi connectivity index (χ3v) is 6.59. The summed E-state index contributed by atoms with van der Waals surface area (Å²) in [7, 11) is -1.08. The summed E-state index contributed by atoms with van der Waals surface area (Å²) < 4.78 is 33.9. The average Bonchev–Trinajstić information content (AvgIpc) is 3.13. The molecule has 0 aliphatic carbocycles. The number of anilines is 1. The second kappa shape index (κ2) is 9.24. The van der Waals surface area contributed by atoms with E-state index in [1.165, 1.54) is 49.5 Å². The molecule has 1 aliphatic rings. The van der Waals surface area contributed by atoms with Crippen LogP contribution >= 0.6 is 0 Å². The van der Waals surface area contributed by atoms with Crippen LogP contribution in [0.15, 0.2) is 83.3 Å². The number of methoxy groups -OCH3 is 2. The number of nitrogens with zero attached hydrogens (tertiary/aromatic N) is 1. The average molecular weight is 495 g/mol. The molecule has 0 radical (unpaired) electrons. The van der Waals surface area contributed by atoms with Gasteiger partial charge < -0.3 is 14.6 Å². The van der Waals surface area contributed by atoms with E-state index >= 15 is 0 Å². The molecule has 3 aromatic rings. The number of primary sulfonamides is 1. The van der Waals surface area contributed by atoms with Gasteiger partial charge in [-0.05, 0) is 48.0 Å². The van der Waals surface area contributed by atoms with E-state index < -0.39 is 33.5 Å². The number of ketones is 1. The van der Waals surface area contributed by atoms with Gasteiger partial charge in [0.15, 0.2) is 0 Å². The third-order valence-electron chi connectivity index (χ3n) is 5.66. The number of hydrogen-bond acceptors (Lipinski definition) is 7. The Morgan fingerprint density at radius 1 is 0.943 bits per heavy atom. The van der Waals surface area contributed by atoms with E-state index in [-0.39, 0.29) is 27.5 Å². The molecule has 3 aromatic carbocycles. The highest BCUT2D eigenvalue weighted by atomic mass is 32.2. The molecule has 1 fully saturated rings. The molecule has 10 heteroatoms. The van der Waals surface area contributed by atoms with Gasteiger partial charge in [-0.15, -0.1) is 0 Å². The number of amides is 1. The van der Waals surface area contributed by atoms with Crippen molar-refractivity contribution in [1.82, 2.24) is 0 Å². The molecule has 0 saturated carbocycles. The molecule has 1 unspecified atom stereocenters. The number of rotatable bonds is 6. The number of aliphatic hydroxyl groups is 1. The van der Waals surface area contributed by atoms with Crippen molar-refractivity contribution in [2.24, 2.45) is 5.14 Å². The Kier molecular flexibility index (Phi) is 6.33. The lowest BCUT2D eigenvalue weighted by molar-refractivity contribution is -0.132. The van der Waals surface area contributed by atoms with Crippen LogP contribution in [0.2, 0.25) is 0 Å². The Morgan fingerprint density at radius 3 is 2.17 bits per heavy atom. The number of carbonyl (C=O) groups is 2. The normalized spacial score (nSPS) is 17.5. The first kappa shape index (κ1) is 24.0. The van der Waals surface area contributed by atoms with Crippen LogP contribution in [0.5, 0.6) is 11.5 Å². The quantitative estimate of drug-likeness (QED) is 0.305. The topological polar surface area (TPSA) is 136 Å². The summed E-state index contributed by atoms with van der Waals surface area (Å²) in [6.07, 6.45) is 0. The number of carbonyl (C=O) groups excluding carboxylic acids is 2. The summed E-state index contributed by atoms with van der Waals surface area (Å²) >= 11 is 0. The first-order chi connectivity index (χ1) is 16.7. The molecule has 180 valence electrons. The summed E-state index contributed by atoms with van der Waals surface area (Å²) in [5.74, 6) is -1.53. The summed E-state index contributed by atoms with van der Waals surface area (Å²) in [5, 5.41) is 16.5. The lowest BCUT2D eigenvalue weighted by atomic mass is 9.94. The van der Waals surface area contributed by atoms with E-state index in [0.29, 0.717) is 11.3 Å². The molecule has 1 amide bonds. The molecule has 1 heterocycles. The van der Waals surface area contributed by atoms with E-state index in [1.54, 1.807) is 42.5 Å². The van der Waals surface area contributed by atoms with E-state index in [0.717, 1.165) is 0 Å². The number of benzene rings is 3. The molecule has 0 spiro atoms.